The topological polar surface area (TPSA) is 24.5 Å². The van der Waals surface area contributed by atoms with Crippen LogP contribution in [0, 0.1) is 0 Å². The maximum atomic E-state index is 6.35. The zero-order valence-corrected chi connectivity index (χ0v) is 11.2. The van der Waals surface area contributed by atoms with E-state index in [-0.39, 0.29) is 0 Å². The van der Waals surface area contributed by atoms with Crippen LogP contribution in [0.25, 0.3) is 0 Å². The van der Waals surface area contributed by atoms with Gasteiger partial charge in [0.25, 0.3) is 0 Å². The lowest BCUT2D eigenvalue weighted by atomic mass is 10.1. The van der Waals surface area contributed by atoms with Crippen LogP contribution >= 0.6 is 11.6 Å². The van der Waals surface area contributed by atoms with Crippen molar-refractivity contribution in [3.8, 4) is 0 Å². The Bertz CT molecular complexity index is 414. The number of nitrogens with one attached hydrogen (secondary N) is 1. The Kier molecular flexibility index (Phi) is 3.73. The van der Waals surface area contributed by atoms with E-state index in [9.17, 15) is 0 Å². The smallest absolute Gasteiger partial charge is 0.0642 e. The third-order valence-electron chi connectivity index (χ3n) is 3.59. The summed E-state index contributed by atoms with van der Waals surface area (Å²) in [4.78, 5) is 2.37. The van der Waals surface area contributed by atoms with Crippen LogP contribution in [0.5, 0.6) is 0 Å². The van der Waals surface area contributed by atoms with Gasteiger partial charge in [-0.25, -0.2) is 0 Å². The van der Waals surface area contributed by atoms with Crippen molar-refractivity contribution in [2.45, 2.75) is 25.4 Å². The average molecular weight is 267 g/mol. The summed E-state index contributed by atoms with van der Waals surface area (Å²) in [7, 11) is 0. The van der Waals surface area contributed by atoms with Gasteiger partial charge in [0.15, 0.2) is 0 Å². The molecule has 0 atom stereocenters. The second kappa shape index (κ2) is 5.47. The van der Waals surface area contributed by atoms with Gasteiger partial charge >= 0.3 is 0 Å². The van der Waals surface area contributed by atoms with E-state index in [1.165, 1.54) is 24.1 Å². The number of hydrogen-bond acceptors (Lipinski definition) is 3. The van der Waals surface area contributed by atoms with E-state index in [4.69, 9.17) is 16.3 Å². The van der Waals surface area contributed by atoms with Gasteiger partial charge in [0, 0.05) is 41.9 Å². The van der Waals surface area contributed by atoms with Gasteiger partial charge < -0.3 is 15.0 Å². The molecule has 0 bridgehead atoms. The van der Waals surface area contributed by atoms with Gasteiger partial charge in [-0.3, -0.25) is 0 Å². The minimum atomic E-state index is 0.707. The first-order valence-corrected chi connectivity index (χ1v) is 7.06. The number of anilines is 1. The molecule has 1 heterocycles. The summed E-state index contributed by atoms with van der Waals surface area (Å²) in [5.41, 5.74) is 2.49. The molecule has 0 unspecified atom stereocenters. The maximum Gasteiger partial charge on any atom is 0.0642 e. The van der Waals surface area contributed by atoms with Gasteiger partial charge in [-0.05, 0) is 25.0 Å². The zero-order valence-electron chi connectivity index (χ0n) is 10.5. The standard InChI is InChI=1S/C14H19ClN2O/c15-13-2-1-3-14(17-6-8-18-9-7-17)12(13)10-16-11-4-5-11/h1-3,11,16H,4-10H2. The molecule has 0 aromatic heterocycles. The van der Waals surface area contributed by atoms with Crippen molar-refractivity contribution in [3.05, 3.63) is 28.8 Å². The van der Waals surface area contributed by atoms with Crippen molar-refractivity contribution in [2.24, 2.45) is 0 Å². The third-order valence-corrected chi connectivity index (χ3v) is 3.94. The quantitative estimate of drug-likeness (QED) is 0.906. The van der Waals surface area contributed by atoms with Crippen LogP contribution in [0.3, 0.4) is 0 Å². The molecule has 98 valence electrons. The Labute approximate surface area is 113 Å². The highest BCUT2D eigenvalue weighted by atomic mass is 35.5. The molecular formula is C14H19ClN2O. The molecule has 2 fully saturated rings. The summed E-state index contributed by atoms with van der Waals surface area (Å²) < 4.78 is 5.41. The Balaban J connectivity index is 1.79. The molecule has 0 radical (unpaired) electrons. The second-order valence-corrected chi connectivity index (χ2v) is 5.40. The van der Waals surface area contributed by atoms with E-state index >= 15 is 0 Å². The van der Waals surface area contributed by atoms with E-state index in [2.05, 4.69) is 16.3 Å². The Morgan fingerprint density at radius 3 is 2.78 bits per heavy atom. The summed E-state index contributed by atoms with van der Waals surface area (Å²) in [5.74, 6) is 0. The number of rotatable bonds is 4. The molecule has 1 aromatic rings. The average Bonchev–Trinajstić information content (AvgIpc) is 3.22. The third kappa shape index (κ3) is 2.79. The normalized spacial score (nSPS) is 20.2. The summed E-state index contributed by atoms with van der Waals surface area (Å²) in [6.45, 7) is 4.40. The molecule has 0 spiro atoms. The van der Waals surface area contributed by atoms with Gasteiger partial charge in [-0.1, -0.05) is 17.7 Å². The van der Waals surface area contributed by atoms with E-state index in [1.54, 1.807) is 0 Å². The van der Waals surface area contributed by atoms with Crippen molar-refractivity contribution < 1.29 is 4.74 Å². The fourth-order valence-electron chi connectivity index (χ4n) is 2.36. The second-order valence-electron chi connectivity index (χ2n) is 4.99. The highest BCUT2D eigenvalue weighted by Crippen LogP contribution is 2.29. The minimum absolute atomic E-state index is 0.707. The molecule has 18 heavy (non-hydrogen) atoms. The first kappa shape index (κ1) is 12.3. The number of nitrogens with zero attached hydrogens (tertiary/aromatic N) is 1. The molecule has 1 N–H and O–H groups in total. The largest absolute Gasteiger partial charge is 0.378 e. The first-order valence-electron chi connectivity index (χ1n) is 6.68. The highest BCUT2D eigenvalue weighted by molar-refractivity contribution is 6.31. The minimum Gasteiger partial charge on any atom is -0.378 e. The molecule has 2 aliphatic rings. The van der Waals surface area contributed by atoms with E-state index in [1.807, 2.05) is 12.1 Å². The molecule has 0 amide bonds. The van der Waals surface area contributed by atoms with Crippen molar-refractivity contribution in [1.29, 1.82) is 0 Å². The summed E-state index contributed by atoms with van der Waals surface area (Å²) in [5, 5.41) is 4.42. The summed E-state index contributed by atoms with van der Waals surface area (Å²) in [6, 6.07) is 6.89. The fraction of sp³-hybridized carbons (Fsp3) is 0.571. The first-order chi connectivity index (χ1) is 8.84. The maximum absolute atomic E-state index is 6.35. The van der Waals surface area contributed by atoms with E-state index in [0.717, 1.165) is 37.9 Å². The predicted molar refractivity (Wildman–Crippen MR) is 74.3 cm³/mol. The Morgan fingerprint density at radius 2 is 2.06 bits per heavy atom. The molecule has 3 rings (SSSR count). The Morgan fingerprint density at radius 1 is 1.28 bits per heavy atom. The number of ether oxygens (including phenoxy) is 1. The highest BCUT2D eigenvalue weighted by Gasteiger charge is 2.22. The number of hydrogen-bond donors (Lipinski definition) is 1. The molecule has 4 heteroatoms. The van der Waals surface area contributed by atoms with Crippen LogP contribution in [0.2, 0.25) is 5.02 Å². The monoisotopic (exact) mass is 266 g/mol. The predicted octanol–water partition coefficient (Wildman–Crippen LogP) is 2.43. The van der Waals surface area contributed by atoms with Crippen molar-refractivity contribution >= 4 is 17.3 Å². The van der Waals surface area contributed by atoms with Crippen LogP contribution < -0.4 is 10.2 Å². The molecule has 1 aliphatic carbocycles. The molecule has 1 saturated heterocycles. The summed E-state index contributed by atoms with van der Waals surface area (Å²) >= 11 is 6.35. The van der Waals surface area contributed by atoms with E-state index in [0.29, 0.717) is 6.04 Å². The summed E-state index contributed by atoms with van der Waals surface area (Å²) in [6.07, 6.45) is 2.61. The number of halogens is 1. The van der Waals surface area contributed by atoms with Crippen molar-refractivity contribution in [2.75, 3.05) is 31.2 Å². The molecule has 1 aromatic carbocycles. The van der Waals surface area contributed by atoms with Gasteiger partial charge in [0.2, 0.25) is 0 Å². The van der Waals surface area contributed by atoms with Gasteiger partial charge in [-0.15, -0.1) is 0 Å². The van der Waals surface area contributed by atoms with Crippen molar-refractivity contribution in [1.82, 2.24) is 5.32 Å². The zero-order chi connectivity index (χ0) is 12.4. The number of benzene rings is 1. The molecule has 3 nitrogen and oxygen atoms in total. The van der Waals surface area contributed by atoms with Crippen LogP contribution in [-0.4, -0.2) is 32.3 Å². The van der Waals surface area contributed by atoms with Crippen LogP contribution in [0.1, 0.15) is 18.4 Å². The Hall–Kier alpha value is -0.770. The lowest BCUT2D eigenvalue weighted by molar-refractivity contribution is 0.122. The van der Waals surface area contributed by atoms with E-state index < -0.39 is 0 Å². The van der Waals surface area contributed by atoms with Gasteiger partial charge in [0.1, 0.15) is 0 Å². The van der Waals surface area contributed by atoms with Crippen LogP contribution in [-0.2, 0) is 11.3 Å². The SMILES string of the molecule is Clc1cccc(N2CCOCC2)c1CNC1CC1. The van der Waals surface area contributed by atoms with Gasteiger partial charge in [0.05, 0.1) is 13.2 Å². The fourth-order valence-corrected chi connectivity index (χ4v) is 2.59. The van der Waals surface area contributed by atoms with Crippen molar-refractivity contribution in [3.63, 3.8) is 0 Å². The molecule has 1 saturated carbocycles. The molecule has 1 aliphatic heterocycles. The number of morpholine rings is 1. The van der Waals surface area contributed by atoms with Crippen LogP contribution in [0.15, 0.2) is 18.2 Å². The molecular weight excluding hydrogens is 248 g/mol. The van der Waals surface area contributed by atoms with Gasteiger partial charge in [-0.2, -0.15) is 0 Å². The van der Waals surface area contributed by atoms with Crippen LogP contribution in [0.4, 0.5) is 5.69 Å². The lowest BCUT2D eigenvalue weighted by Crippen LogP contribution is -2.37. The lowest BCUT2D eigenvalue weighted by Gasteiger charge is -2.31.